The lowest BCUT2D eigenvalue weighted by Crippen LogP contribution is -2.01. The number of rotatable bonds is 1. The van der Waals surface area contributed by atoms with E-state index in [0.29, 0.717) is 5.75 Å². The summed E-state index contributed by atoms with van der Waals surface area (Å²) in [5, 5.41) is 10.7. The number of fused-ring (bicyclic) bond motifs is 1. The van der Waals surface area contributed by atoms with Gasteiger partial charge in [0.1, 0.15) is 5.75 Å². The van der Waals surface area contributed by atoms with Crippen molar-refractivity contribution in [3.8, 4) is 5.75 Å². The predicted molar refractivity (Wildman–Crippen MR) is 69.3 cm³/mol. The zero-order valence-corrected chi connectivity index (χ0v) is 10.1. The fourth-order valence-electron chi connectivity index (χ4n) is 2.63. The summed E-state index contributed by atoms with van der Waals surface area (Å²) in [6, 6.07) is 7.99. The average molecular weight is 232 g/mol. The topological polar surface area (TPSA) is 20.2 Å². The molecule has 2 heteroatoms. The molecule has 1 aromatic heterocycles. The zero-order chi connectivity index (χ0) is 11.0. The molecular weight excluding hydrogens is 216 g/mol. The van der Waals surface area contributed by atoms with Crippen LogP contribution in [0.3, 0.4) is 0 Å². The summed E-state index contributed by atoms with van der Waals surface area (Å²) in [5.74, 6) is 1.15. The molecule has 3 rings (SSSR count). The van der Waals surface area contributed by atoms with Crippen LogP contribution in [-0.2, 0) is 0 Å². The molecule has 0 radical (unpaired) electrons. The Morgan fingerprint density at radius 2 is 1.88 bits per heavy atom. The lowest BCUT2D eigenvalue weighted by Gasteiger charge is -2.19. The van der Waals surface area contributed by atoms with Gasteiger partial charge in [0.05, 0.1) is 0 Å². The molecule has 0 spiro atoms. The third-order valence-electron chi connectivity index (χ3n) is 3.53. The molecule has 0 aliphatic heterocycles. The molecule has 2 aromatic rings. The SMILES string of the molecule is Oc1ccc2cc(C3CCCCC3)sc2c1. The second kappa shape index (κ2) is 4.10. The van der Waals surface area contributed by atoms with Crippen molar-refractivity contribution in [3.63, 3.8) is 0 Å². The quantitative estimate of drug-likeness (QED) is 0.758. The molecule has 1 fully saturated rings. The number of hydrogen-bond acceptors (Lipinski definition) is 2. The van der Waals surface area contributed by atoms with Crippen molar-refractivity contribution in [2.24, 2.45) is 0 Å². The van der Waals surface area contributed by atoms with E-state index in [1.807, 2.05) is 23.5 Å². The summed E-state index contributed by atoms with van der Waals surface area (Å²) in [7, 11) is 0. The molecule has 84 valence electrons. The molecule has 1 saturated carbocycles. The Balaban J connectivity index is 1.97. The number of hydrogen-bond donors (Lipinski definition) is 1. The first-order valence-corrected chi connectivity index (χ1v) is 6.87. The zero-order valence-electron chi connectivity index (χ0n) is 9.28. The molecule has 1 aliphatic rings. The highest BCUT2D eigenvalue weighted by Gasteiger charge is 2.17. The maximum absolute atomic E-state index is 9.46. The van der Waals surface area contributed by atoms with Crippen molar-refractivity contribution >= 4 is 21.4 Å². The number of thiophene rings is 1. The number of phenols is 1. The predicted octanol–water partition coefficient (Wildman–Crippen LogP) is 4.65. The summed E-state index contributed by atoms with van der Waals surface area (Å²) in [6.45, 7) is 0. The number of aromatic hydroxyl groups is 1. The van der Waals surface area contributed by atoms with Crippen LogP contribution in [0.25, 0.3) is 10.1 Å². The van der Waals surface area contributed by atoms with Crippen molar-refractivity contribution in [3.05, 3.63) is 29.1 Å². The Bertz CT molecular complexity index is 494. The third-order valence-corrected chi connectivity index (χ3v) is 4.79. The second-order valence-electron chi connectivity index (χ2n) is 4.71. The van der Waals surface area contributed by atoms with Gasteiger partial charge in [0, 0.05) is 9.58 Å². The molecule has 0 unspecified atom stereocenters. The molecule has 1 aliphatic carbocycles. The van der Waals surface area contributed by atoms with Crippen molar-refractivity contribution in [1.29, 1.82) is 0 Å². The van der Waals surface area contributed by atoms with E-state index in [9.17, 15) is 5.11 Å². The van der Waals surface area contributed by atoms with Crippen LogP contribution in [0.4, 0.5) is 0 Å². The minimum Gasteiger partial charge on any atom is -0.508 e. The van der Waals surface area contributed by atoms with E-state index in [0.717, 1.165) is 5.92 Å². The van der Waals surface area contributed by atoms with Crippen LogP contribution in [0.15, 0.2) is 24.3 Å². The lowest BCUT2D eigenvalue weighted by molar-refractivity contribution is 0.448. The van der Waals surface area contributed by atoms with Gasteiger partial charge < -0.3 is 5.11 Å². The van der Waals surface area contributed by atoms with E-state index in [2.05, 4.69) is 6.07 Å². The summed E-state index contributed by atoms with van der Waals surface area (Å²) in [4.78, 5) is 1.51. The van der Waals surface area contributed by atoms with Crippen LogP contribution in [0.5, 0.6) is 5.75 Å². The van der Waals surface area contributed by atoms with Crippen molar-refractivity contribution in [1.82, 2.24) is 0 Å². The first-order chi connectivity index (χ1) is 7.83. The highest BCUT2D eigenvalue weighted by Crippen LogP contribution is 2.39. The van der Waals surface area contributed by atoms with E-state index in [1.54, 1.807) is 6.07 Å². The van der Waals surface area contributed by atoms with E-state index in [-0.39, 0.29) is 0 Å². The molecule has 0 bridgehead atoms. The third kappa shape index (κ3) is 1.82. The highest BCUT2D eigenvalue weighted by atomic mass is 32.1. The van der Waals surface area contributed by atoms with E-state index in [4.69, 9.17) is 0 Å². The molecule has 1 heterocycles. The Hall–Kier alpha value is -1.02. The van der Waals surface area contributed by atoms with Gasteiger partial charge in [-0.15, -0.1) is 11.3 Å². The van der Waals surface area contributed by atoms with Gasteiger partial charge in [-0.25, -0.2) is 0 Å². The first-order valence-electron chi connectivity index (χ1n) is 6.05. The molecule has 1 N–H and O–H groups in total. The summed E-state index contributed by atoms with van der Waals surface area (Å²) >= 11 is 1.86. The van der Waals surface area contributed by atoms with Gasteiger partial charge in [-0.3, -0.25) is 0 Å². The van der Waals surface area contributed by atoms with E-state index in [1.165, 1.54) is 47.1 Å². The van der Waals surface area contributed by atoms with Gasteiger partial charge in [0.25, 0.3) is 0 Å². The van der Waals surface area contributed by atoms with Gasteiger partial charge in [0.15, 0.2) is 0 Å². The molecule has 0 atom stereocenters. The smallest absolute Gasteiger partial charge is 0.117 e. The Morgan fingerprint density at radius 3 is 2.69 bits per heavy atom. The normalized spacial score (nSPS) is 18.0. The molecule has 1 nitrogen and oxygen atoms in total. The number of benzene rings is 1. The Kier molecular flexibility index (Phi) is 2.60. The van der Waals surface area contributed by atoms with Gasteiger partial charge in [-0.2, -0.15) is 0 Å². The van der Waals surface area contributed by atoms with Crippen LogP contribution in [-0.4, -0.2) is 5.11 Å². The average Bonchev–Trinajstić information content (AvgIpc) is 2.73. The first kappa shape index (κ1) is 10.2. The molecule has 16 heavy (non-hydrogen) atoms. The fourth-order valence-corrected chi connectivity index (χ4v) is 3.90. The largest absolute Gasteiger partial charge is 0.508 e. The highest BCUT2D eigenvalue weighted by molar-refractivity contribution is 7.19. The van der Waals surface area contributed by atoms with Crippen molar-refractivity contribution in [2.45, 2.75) is 38.0 Å². The van der Waals surface area contributed by atoms with Gasteiger partial charge in [0.2, 0.25) is 0 Å². The standard InChI is InChI=1S/C14H16OS/c15-12-7-6-11-8-13(16-14(11)9-12)10-4-2-1-3-5-10/h6-10,15H,1-5H2. The maximum atomic E-state index is 9.46. The van der Waals surface area contributed by atoms with E-state index < -0.39 is 0 Å². The fraction of sp³-hybridized carbons (Fsp3) is 0.429. The summed E-state index contributed by atoms with van der Waals surface area (Å²) in [5.41, 5.74) is 0. The van der Waals surface area contributed by atoms with Crippen LogP contribution >= 0.6 is 11.3 Å². The summed E-state index contributed by atoms with van der Waals surface area (Å²) in [6.07, 6.45) is 6.86. The number of phenolic OH excluding ortho intramolecular Hbond substituents is 1. The molecule has 1 aromatic carbocycles. The van der Waals surface area contributed by atoms with E-state index >= 15 is 0 Å². The maximum Gasteiger partial charge on any atom is 0.117 e. The van der Waals surface area contributed by atoms with Crippen LogP contribution in [0.1, 0.15) is 42.9 Å². The molecular formula is C14H16OS. The Labute approximate surface area is 99.7 Å². The van der Waals surface area contributed by atoms with Gasteiger partial charge in [-0.1, -0.05) is 19.3 Å². The Morgan fingerprint density at radius 1 is 1.06 bits per heavy atom. The van der Waals surface area contributed by atoms with Gasteiger partial charge in [-0.05, 0) is 48.4 Å². The minimum absolute atomic E-state index is 0.379. The monoisotopic (exact) mass is 232 g/mol. The van der Waals surface area contributed by atoms with Crippen molar-refractivity contribution < 1.29 is 5.11 Å². The van der Waals surface area contributed by atoms with Gasteiger partial charge >= 0.3 is 0 Å². The van der Waals surface area contributed by atoms with Crippen molar-refractivity contribution in [2.75, 3.05) is 0 Å². The second-order valence-corrected chi connectivity index (χ2v) is 5.82. The minimum atomic E-state index is 0.379. The molecule has 0 amide bonds. The van der Waals surface area contributed by atoms with Crippen LogP contribution in [0, 0.1) is 0 Å². The van der Waals surface area contributed by atoms with Crippen LogP contribution in [0.2, 0.25) is 0 Å². The lowest BCUT2D eigenvalue weighted by atomic mass is 9.88. The van der Waals surface area contributed by atoms with Crippen LogP contribution < -0.4 is 0 Å². The molecule has 0 saturated heterocycles. The summed E-state index contributed by atoms with van der Waals surface area (Å²) < 4.78 is 1.22.